The molecule has 2 aromatic rings. The number of rotatable bonds is 0. The van der Waals surface area contributed by atoms with Crippen molar-refractivity contribution in [3.8, 4) is 0 Å². The number of aromatic amines is 1. The average Bonchev–Trinajstić information content (AvgIpc) is 2.04. The molecule has 0 saturated heterocycles. The fourth-order valence-electron chi connectivity index (χ4n) is 1.10. The van der Waals surface area contributed by atoms with Gasteiger partial charge in [-0.15, -0.1) is 0 Å². The minimum Gasteiger partial charge on any atom is -0.306 e. The molecule has 60 valence electrons. The molecule has 0 radical (unpaired) electrons. The highest BCUT2D eigenvalue weighted by Gasteiger charge is 1.97. The molecule has 1 N–H and O–H groups in total. The first-order chi connectivity index (χ1) is 5.77. The van der Waals surface area contributed by atoms with Crippen molar-refractivity contribution in [2.24, 2.45) is 0 Å². The molecular weight excluding hydrogens is 154 g/mol. The maximum Gasteiger partial charge on any atom is 0.249 e. The Morgan fingerprint density at radius 2 is 2.17 bits per heavy atom. The lowest BCUT2D eigenvalue weighted by Crippen LogP contribution is -2.04. The van der Waals surface area contributed by atoms with E-state index in [1.54, 1.807) is 6.07 Å². The Hall–Kier alpha value is -1.71. The molecule has 0 atom stereocenters. The molecule has 4 nitrogen and oxygen atoms in total. The van der Waals surface area contributed by atoms with E-state index >= 15 is 0 Å². The molecule has 12 heavy (non-hydrogen) atoms. The third-order valence-corrected chi connectivity index (χ3v) is 1.73. The number of hydrogen-bond acceptors (Lipinski definition) is 3. The van der Waals surface area contributed by atoms with Crippen molar-refractivity contribution in [2.45, 2.75) is 6.92 Å². The van der Waals surface area contributed by atoms with E-state index < -0.39 is 0 Å². The van der Waals surface area contributed by atoms with E-state index in [-0.39, 0.29) is 5.56 Å². The summed E-state index contributed by atoms with van der Waals surface area (Å²) in [6.45, 7) is 1.88. The normalized spacial score (nSPS) is 10.4. The van der Waals surface area contributed by atoms with Crippen molar-refractivity contribution < 1.29 is 0 Å². The second-order valence-electron chi connectivity index (χ2n) is 2.54. The van der Waals surface area contributed by atoms with E-state index in [1.807, 2.05) is 6.92 Å². The molecule has 0 aliphatic heterocycles. The largest absolute Gasteiger partial charge is 0.306 e. The molecule has 4 heteroatoms. The van der Waals surface area contributed by atoms with Crippen LogP contribution in [0.3, 0.4) is 0 Å². The fourth-order valence-corrected chi connectivity index (χ4v) is 1.10. The standard InChI is InChI=1S/C8H7N3O/c1-5-6-2-3-7(12)11-8(6)10-4-9-5/h2-4H,1H3,(H,9,10,11,12). The summed E-state index contributed by atoms with van der Waals surface area (Å²) in [5.41, 5.74) is 1.33. The van der Waals surface area contributed by atoms with Gasteiger partial charge in [0.2, 0.25) is 5.56 Å². The molecule has 0 saturated carbocycles. The maximum absolute atomic E-state index is 10.9. The van der Waals surface area contributed by atoms with Gasteiger partial charge < -0.3 is 4.98 Å². The van der Waals surface area contributed by atoms with Gasteiger partial charge in [-0.2, -0.15) is 0 Å². The van der Waals surface area contributed by atoms with Crippen molar-refractivity contribution in [1.82, 2.24) is 15.0 Å². The number of H-pyrrole nitrogens is 1. The van der Waals surface area contributed by atoms with Crippen LogP contribution in [0.1, 0.15) is 5.69 Å². The number of aromatic nitrogens is 3. The van der Waals surface area contributed by atoms with Crippen molar-refractivity contribution in [2.75, 3.05) is 0 Å². The molecule has 2 heterocycles. The minimum absolute atomic E-state index is 0.138. The molecule has 2 rings (SSSR count). The Morgan fingerprint density at radius 1 is 1.33 bits per heavy atom. The van der Waals surface area contributed by atoms with Crippen molar-refractivity contribution >= 4 is 11.0 Å². The number of nitrogens with one attached hydrogen (secondary N) is 1. The Labute approximate surface area is 68.3 Å². The Morgan fingerprint density at radius 3 is 3.00 bits per heavy atom. The van der Waals surface area contributed by atoms with Gasteiger partial charge in [-0.1, -0.05) is 0 Å². The lowest BCUT2D eigenvalue weighted by atomic mass is 10.2. The predicted molar refractivity (Wildman–Crippen MR) is 44.9 cm³/mol. The highest BCUT2D eigenvalue weighted by atomic mass is 16.1. The summed E-state index contributed by atoms with van der Waals surface area (Å²) in [6, 6.07) is 3.20. The van der Waals surface area contributed by atoms with Crippen LogP contribution in [0.4, 0.5) is 0 Å². The Bertz CT molecular complexity index is 475. The van der Waals surface area contributed by atoms with E-state index in [1.165, 1.54) is 12.4 Å². The summed E-state index contributed by atoms with van der Waals surface area (Å²) in [5, 5.41) is 0.886. The Balaban J connectivity index is 2.96. The van der Waals surface area contributed by atoms with E-state index in [0.717, 1.165) is 11.1 Å². The van der Waals surface area contributed by atoms with Gasteiger partial charge in [-0.3, -0.25) is 4.79 Å². The number of nitrogens with zero attached hydrogens (tertiary/aromatic N) is 2. The summed E-state index contributed by atoms with van der Waals surface area (Å²) in [5.74, 6) is 0. The quantitative estimate of drug-likeness (QED) is 0.616. The van der Waals surface area contributed by atoms with Crippen LogP contribution >= 0.6 is 0 Å². The van der Waals surface area contributed by atoms with Gasteiger partial charge in [0.05, 0.1) is 5.69 Å². The highest BCUT2D eigenvalue weighted by molar-refractivity contribution is 5.76. The fraction of sp³-hybridized carbons (Fsp3) is 0.125. The molecular formula is C8H7N3O. The summed E-state index contributed by atoms with van der Waals surface area (Å²) < 4.78 is 0. The van der Waals surface area contributed by atoms with Crippen LogP contribution < -0.4 is 5.56 Å². The van der Waals surface area contributed by atoms with Gasteiger partial charge >= 0.3 is 0 Å². The van der Waals surface area contributed by atoms with Crippen LogP contribution in [0, 0.1) is 6.92 Å². The van der Waals surface area contributed by atoms with Gasteiger partial charge in [0.25, 0.3) is 0 Å². The smallest absolute Gasteiger partial charge is 0.249 e. The topological polar surface area (TPSA) is 58.6 Å². The number of hydrogen-bond donors (Lipinski definition) is 1. The molecule has 0 aromatic carbocycles. The molecule has 2 aromatic heterocycles. The van der Waals surface area contributed by atoms with Gasteiger partial charge in [0.1, 0.15) is 12.0 Å². The number of aryl methyl sites for hydroxylation is 1. The van der Waals surface area contributed by atoms with Crippen LogP contribution in [0.15, 0.2) is 23.3 Å². The SMILES string of the molecule is Cc1ncnc2[nH]c(=O)ccc12. The summed E-state index contributed by atoms with van der Waals surface area (Å²) in [7, 11) is 0. The zero-order valence-corrected chi connectivity index (χ0v) is 6.53. The third kappa shape index (κ3) is 0.972. The number of pyridine rings is 1. The van der Waals surface area contributed by atoms with E-state index in [0.29, 0.717) is 5.65 Å². The van der Waals surface area contributed by atoms with Gasteiger partial charge in [-0.05, 0) is 13.0 Å². The molecule has 0 aliphatic carbocycles. The van der Waals surface area contributed by atoms with Crippen LogP contribution in [0.25, 0.3) is 11.0 Å². The lowest BCUT2D eigenvalue weighted by Gasteiger charge is -1.96. The van der Waals surface area contributed by atoms with Crippen molar-refractivity contribution in [3.63, 3.8) is 0 Å². The molecule has 0 amide bonds. The van der Waals surface area contributed by atoms with E-state index in [9.17, 15) is 4.79 Å². The second kappa shape index (κ2) is 2.41. The van der Waals surface area contributed by atoms with Gasteiger partial charge in [0, 0.05) is 11.5 Å². The molecule has 0 bridgehead atoms. The van der Waals surface area contributed by atoms with Crippen LogP contribution in [-0.2, 0) is 0 Å². The average molecular weight is 161 g/mol. The van der Waals surface area contributed by atoms with Crippen LogP contribution in [-0.4, -0.2) is 15.0 Å². The van der Waals surface area contributed by atoms with Gasteiger partial charge in [0.15, 0.2) is 0 Å². The zero-order chi connectivity index (χ0) is 8.55. The summed E-state index contributed by atoms with van der Waals surface area (Å²) in [6.07, 6.45) is 1.44. The third-order valence-electron chi connectivity index (χ3n) is 1.73. The first kappa shape index (κ1) is 6.97. The molecule has 0 aliphatic rings. The van der Waals surface area contributed by atoms with Crippen molar-refractivity contribution in [1.29, 1.82) is 0 Å². The minimum atomic E-state index is -0.138. The van der Waals surface area contributed by atoms with E-state index in [4.69, 9.17) is 0 Å². The van der Waals surface area contributed by atoms with E-state index in [2.05, 4.69) is 15.0 Å². The second-order valence-corrected chi connectivity index (χ2v) is 2.54. The van der Waals surface area contributed by atoms with Gasteiger partial charge in [-0.25, -0.2) is 9.97 Å². The predicted octanol–water partition coefficient (Wildman–Crippen LogP) is 0.627. The zero-order valence-electron chi connectivity index (χ0n) is 6.53. The molecule has 0 fully saturated rings. The number of fused-ring (bicyclic) bond motifs is 1. The lowest BCUT2D eigenvalue weighted by molar-refractivity contribution is 1.11. The monoisotopic (exact) mass is 161 g/mol. The van der Waals surface area contributed by atoms with Crippen LogP contribution in [0.2, 0.25) is 0 Å². The first-order valence-electron chi connectivity index (χ1n) is 3.58. The summed E-state index contributed by atoms with van der Waals surface area (Å²) >= 11 is 0. The van der Waals surface area contributed by atoms with Crippen molar-refractivity contribution in [3.05, 3.63) is 34.5 Å². The maximum atomic E-state index is 10.9. The molecule has 0 unspecified atom stereocenters. The summed E-state index contributed by atoms with van der Waals surface area (Å²) in [4.78, 5) is 21.4. The Kier molecular flexibility index (Phi) is 1.40. The first-order valence-corrected chi connectivity index (χ1v) is 3.58. The van der Waals surface area contributed by atoms with Crippen LogP contribution in [0.5, 0.6) is 0 Å². The highest BCUT2D eigenvalue weighted by Crippen LogP contribution is 2.07. The molecule has 0 spiro atoms.